The molecule has 4 aromatic carbocycles. The number of amidine groups is 2. The number of nitrogens with one attached hydrogen (secondary N) is 2. The van der Waals surface area contributed by atoms with E-state index < -0.39 is 0 Å². The molecule has 4 heterocycles. The molecule has 0 aliphatic carbocycles. The first-order valence-corrected chi connectivity index (χ1v) is 16.5. The molecule has 0 radical (unpaired) electrons. The van der Waals surface area contributed by atoms with Crippen LogP contribution in [0.5, 0.6) is 0 Å². The third kappa shape index (κ3) is 6.57. The number of benzene rings is 4. The van der Waals surface area contributed by atoms with Crippen LogP contribution < -0.4 is 10.6 Å². The summed E-state index contributed by atoms with van der Waals surface area (Å²) in [6, 6.07) is 28.3. The van der Waals surface area contributed by atoms with Crippen molar-refractivity contribution < 1.29 is 0 Å². The van der Waals surface area contributed by atoms with E-state index >= 15 is 0 Å². The number of aliphatic imine (C=N–C) groups is 2. The lowest BCUT2D eigenvalue weighted by atomic mass is 10.1. The Morgan fingerprint density at radius 2 is 0.891 bits per heavy atom. The maximum Gasteiger partial charge on any atom is 0.138 e. The second kappa shape index (κ2) is 13.3. The van der Waals surface area contributed by atoms with Crippen molar-refractivity contribution in [3.8, 4) is 0 Å². The molecular formula is C36H38Cl2N8. The van der Waals surface area contributed by atoms with Crippen molar-refractivity contribution >= 4 is 69.0 Å². The van der Waals surface area contributed by atoms with Gasteiger partial charge in [-0.1, -0.05) is 47.5 Å². The zero-order valence-electron chi connectivity index (χ0n) is 26.2. The van der Waals surface area contributed by atoms with Crippen LogP contribution in [0.1, 0.15) is 11.1 Å². The Morgan fingerprint density at radius 3 is 1.30 bits per heavy atom. The molecule has 0 amide bonds. The Bertz CT molecular complexity index is 1660. The molecule has 46 heavy (non-hydrogen) atoms. The molecule has 0 spiro atoms. The van der Waals surface area contributed by atoms with E-state index in [0.717, 1.165) is 109 Å². The van der Waals surface area contributed by atoms with Crippen molar-refractivity contribution in [3.05, 3.63) is 106 Å². The van der Waals surface area contributed by atoms with Crippen LogP contribution in [0.2, 0.25) is 10.0 Å². The minimum absolute atomic E-state index is 0.706. The fourth-order valence-corrected chi connectivity index (χ4v) is 6.47. The first-order chi connectivity index (χ1) is 22.4. The van der Waals surface area contributed by atoms with Gasteiger partial charge in [-0.05, 0) is 74.8 Å². The van der Waals surface area contributed by atoms with E-state index in [0.29, 0.717) is 10.0 Å². The van der Waals surface area contributed by atoms with Crippen molar-refractivity contribution in [3.63, 3.8) is 0 Å². The number of piperazine rings is 2. The number of hydrogen-bond donors (Lipinski definition) is 2. The molecule has 0 saturated carbocycles. The van der Waals surface area contributed by atoms with Gasteiger partial charge >= 0.3 is 0 Å². The highest BCUT2D eigenvalue weighted by molar-refractivity contribution is 6.31. The lowest BCUT2D eigenvalue weighted by Crippen LogP contribution is -2.47. The average molecular weight is 654 g/mol. The Balaban J connectivity index is 0.000000147. The molecule has 0 bridgehead atoms. The molecule has 8 nitrogen and oxygen atoms in total. The van der Waals surface area contributed by atoms with E-state index in [4.69, 9.17) is 33.2 Å². The van der Waals surface area contributed by atoms with Gasteiger partial charge in [-0.25, -0.2) is 9.98 Å². The van der Waals surface area contributed by atoms with E-state index in [9.17, 15) is 0 Å². The van der Waals surface area contributed by atoms with E-state index in [1.54, 1.807) is 0 Å². The molecule has 10 heteroatoms. The number of fused-ring (bicyclic) bond motifs is 4. The summed E-state index contributed by atoms with van der Waals surface area (Å²) in [5, 5.41) is 8.41. The Morgan fingerprint density at radius 1 is 0.500 bits per heavy atom. The molecule has 236 valence electrons. The van der Waals surface area contributed by atoms with Crippen LogP contribution in [-0.4, -0.2) is 97.7 Å². The van der Waals surface area contributed by atoms with Gasteiger partial charge in [0.05, 0.1) is 22.7 Å². The van der Waals surface area contributed by atoms with Crippen LogP contribution in [0.15, 0.2) is 94.9 Å². The molecule has 8 rings (SSSR count). The minimum atomic E-state index is 0.706. The predicted molar refractivity (Wildman–Crippen MR) is 193 cm³/mol. The zero-order valence-corrected chi connectivity index (χ0v) is 27.7. The number of para-hydroxylation sites is 2. The second-order valence-electron chi connectivity index (χ2n) is 12.1. The van der Waals surface area contributed by atoms with Gasteiger partial charge in [0.25, 0.3) is 0 Å². The van der Waals surface area contributed by atoms with Crippen LogP contribution >= 0.6 is 23.2 Å². The summed E-state index contributed by atoms with van der Waals surface area (Å²) in [4.78, 5) is 19.4. The highest BCUT2D eigenvalue weighted by atomic mass is 35.5. The first-order valence-electron chi connectivity index (χ1n) is 15.8. The van der Waals surface area contributed by atoms with Gasteiger partial charge in [0.1, 0.15) is 11.7 Å². The molecule has 0 aromatic heterocycles. The third-order valence-electron chi connectivity index (χ3n) is 8.85. The lowest BCUT2D eigenvalue weighted by molar-refractivity contribution is 0.216. The maximum absolute atomic E-state index is 6.18. The van der Waals surface area contributed by atoms with Gasteiger partial charge in [-0.15, -0.1) is 0 Å². The largest absolute Gasteiger partial charge is 0.353 e. The van der Waals surface area contributed by atoms with Gasteiger partial charge in [-0.3, -0.25) is 0 Å². The van der Waals surface area contributed by atoms with Crippen LogP contribution in [0.3, 0.4) is 0 Å². The molecule has 0 atom stereocenters. The molecule has 2 fully saturated rings. The molecule has 2 saturated heterocycles. The van der Waals surface area contributed by atoms with E-state index in [2.05, 4.69) is 80.7 Å². The summed E-state index contributed by atoms with van der Waals surface area (Å²) < 4.78 is 0. The van der Waals surface area contributed by atoms with Crippen LogP contribution in [-0.2, 0) is 0 Å². The quantitative estimate of drug-likeness (QED) is 0.206. The highest BCUT2D eigenvalue weighted by Gasteiger charge is 2.25. The number of hydrogen-bond acceptors (Lipinski definition) is 8. The predicted octanol–water partition coefficient (Wildman–Crippen LogP) is 7.45. The van der Waals surface area contributed by atoms with E-state index in [1.807, 2.05) is 48.5 Å². The summed E-state index contributed by atoms with van der Waals surface area (Å²) >= 11 is 12.4. The number of anilines is 4. The molecule has 0 unspecified atom stereocenters. The third-order valence-corrected chi connectivity index (χ3v) is 9.32. The minimum Gasteiger partial charge on any atom is -0.353 e. The van der Waals surface area contributed by atoms with Crippen molar-refractivity contribution in [1.82, 2.24) is 19.6 Å². The van der Waals surface area contributed by atoms with Crippen molar-refractivity contribution in [1.29, 1.82) is 0 Å². The summed E-state index contributed by atoms with van der Waals surface area (Å²) in [5.74, 6) is 2.06. The van der Waals surface area contributed by atoms with Crippen molar-refractivity contribution in [2.75, 3.05) is 77.1 Å². The number of likely N-dealkylation sites (N-methyl/N-ethyl adjacent to an activating group) is 2. The SMILES string of the molecule is CN1CCN(C2=Nc3cc(Cl)ccc3Nc3ccccc32)CC1.CN1CCN(C2=Nc3cc(Cl)ccc3Nc3ccccc32)CC1. The van der Waals surface area contributed by atoms with E-state index in [-0.39, 0.29) is 0 Å². The van der Waals surface area contributed by atoms with E-state index in [1.165, 1.54) is 0 Å². The van der Waals surface area contributed by atoms with Crippen LogP contribution in [0, 0.1) is 0 Å². The van der Waals surface area contributed by atoms with Gasteiger partial charge in [0, 0.05) is 84.9 Å². The molecule has 4 aliphatic heterocycles. The summed E-state index contributed by atoms with van der Waals surface area (Å²) in [5.41, 5.74) is 8.23. The molecule has 2 N–H and O–H groups in total. The number of rotatable bonds is 0. The average Bonchev–Trinajstić information content (AvgIpc) is 3.33. The van der Waals surface area contributed by atoms with Gasteiger partial charge < -0.3 is 30.2 Å². The Hall–Kier alpha value is -4.08. The summed E-state index contributed by atoms with van der Waals surface area (Å²) in [7, 11) is 4.33. The monoisotopic (exact) mass is 652 g/mol. The first kappa shape index (κ1) is 30.6. The van der Waals surface area contributed by atoms with Crippen molar-refractivity contribution in [2.45, 2.75) is 0 Å². The lowest BCUT2D eigenvalue weighted by Gasteiger charge is -2.34. The van der Waals surface area contributed by atoms with Crippen LogP contribution in [0.25, 0.3) is 0 Å². The maximum atomic E-state index is 6.18. The topological polar surface area (TPSA) is 61.7 Å². The van der Waals surface area contributed by atoms with Gasteiger partial charge in [0.15, 0.2) is 0 Å². The van der Waals surface area contributed by atoms with Gasteiger partial charge in [-0.2, -0.15) is 0 Å². The molecule has 4 aromatic rings. The van der Waals surface area contributed by atoms with Crippen LogP contribution in [0.4, 0.5) is 34.1 Å². The zero-order chi connectivity index (χ0) is 31.6. The highest BCUT2D eigenvalue weighted by Crippen LogP contribution is 2.38. The summed E-state index contributed by atoms with van der Waals surface area (Å²) in [6.07, 6.45) is 0. The Kier molecular flexibility index (Phi) is 8.86. The van der Waals surface area contributed by atoms with Gasteiger partial charge in [0.2, 0.25) is 0 Å². The second-order valence-corrected chi connectivity index (χ2v) is 13.0. The fraction of sp³-hybridized carbons (Fsp3) is 0.278. The van der Waals surface area contributed by atoms with Crippen molar-refractivity contribution in [2.24, 2.45) is 9.98 Å². The summed E-state index contributed by atoms with van der Waals surface area (Å²) in [6.45, 7) is 8.15. The molecule has 4 aliphatic rings. The standard InChI is InChI=1S/2C18H19ClN4/c2*1-22-8-10-23(11-9-22)18-14-4-2-3-5-15(14)20-16-7-6-13(19)12-17(16)21-18/h2*2-7,12,20H,8-11H2,1H3. The molecular weight excluding hydrogens is 615 g/mol. The normalized spacial score (nSPS) is 17.7. The Labute approximate surface area is 281 Å². The smallest absolute Gasteiger partial charge is 0.138 e. The number of nitrogens with zero attached hydrogens (tertiary/aromatic N) is 6. The fourth-order valence-electron chi connectivity index (χ4n) is 6.14. The number of halogens is 2.